The van der Waals surface area contributed by atoms with Gasteiger partial charge in [0.1, 0.15) is 12.4 Å². The number of amides is 1. The van der Waals surface area contributed by atoms with Gasteiger partial charge in [-0.1, -0.05) is 72.3 Å². The van der Waals surface area contributed by atoms with Crippen LogP contribution in [0.1, 0.15) is 29.5 Å². The van der Waals surface area contributed by atoms with E-state index < -0.39 is 11.9 Å². The van der Waals surface area contributed by atoms with Crippen LogP contribution in [-0.4, -0.2) is 46.0 Å². The van der Waals surface area contributed by atoms with Crippen LogP contribution in [0.25, 0.3) is 0 Å². The van der Waals surface area contributed by atoms with Crippen molar-refractivity contribution in [3.63, 3.8) is 0 Å². The second kappa shape index (κ2) is 14.8. The maximum Gasteiger partial charge on any atom is 0.414 e. The average molecular weight is 539 g/mol. The minimum Gasteiger partial charge on any atom is -0.489 e. The van der Waals surface area contributed by atoms with E-state index in [1.165, 1.54) is 5.56 Å². The summed E-state index contributed by atoms with van der Waals surface area (Å²) in [5.41, 5.74) is 3.35. The zero-order valence-electron chi connectivity index (χ0n) is 20.9. The number of carbonyl (C=O) groups is 3. The monoisotopic (exact) mass is 538 g/mol. The summed E-state index contributed by atoms with van der Waals surface area (Å²) in [6, 6.07) is 26.1. The summed E-state index contributed by atoms with van der Waals surface area (Å²) in [6.45, 7) is 3.75. The molecule has 4 rings (SSSR count). The van der Waals surface area contributed by atoms with Gasteiger partial charge in [-0.25, -0.2) is 9.59 Å². The molecule has 0 radical (unpaired) electrons. The summed E-state index contributed by atoms with van der Waals surface area (Å²) < 4.78 is 5.96. The molecule has 1 aliphatic heterocycles. The van der Waals surface area contributed by atoms with E-state index in [1.54, 1.807) is 0 Å². The van der Waals surface area contributed by atoms with E-state index >= 15 is 0 Å². The van der Waals surface area contributed by atoms with Crippen LogP contribution in [0.5, 0.6) is 5.75 Å². The number of rotatable bonds is 8. The molecule has 38 heavy (non-hydrogen) atoms. The van der Waals surface area contributed by atoms with E-state index in [4.69, 9.17) is 36.1 Å². The first-order chi connectivity index (χ1) is 18.3. The summed E-state index contributed by atoms with van der Waals surface area (Å²) in [5, 5.41) is 18.5. The molecule has 200 valence electrons. The number of nitrogens with zero attached hydrogens (tertiary/aromatic N) is 1. The average Bonchev–Trinajstić information content (AvgIpc) is 2.93. The van der Waals surface area contributed by atoms with Gasteiger partial charge in [-0.05, 0) is 60.8 Å². The number of carboxylic acid groups (broad SMARTS) is 2. The van der Waals surface area contributed by atoms with E-state index in [9.17, 15) is 4.79 Å². The molecule has 3 aromatic rings. The predicted octanol–water partition coefficient (Wildman–Crippen LogP) is 4.60. The molecule has 0 atom stereocenters. The van der Waals surface area contributed by atoms with Crippen LogP contribution in [0, 0.1) is 5.92 Å². The van der Waals surface area contributed by atoms with Gasteiger partial charge in [0.05, 0.1) is 0 Å². The summed E-state index contributed by atoms with van der Waals surface area (Å²) in [7, 11) is 0. The van der Waals surface area contributed by atoms with E-state index in [-0.39, 0.29) is 11.8 Å². The Morgan fingerprint density at radius 3 is 2.16 bits per heavy atom. The minimum atomic E-state index is -1.82. The fraction of sp³-hybridized carbons (Fsp3) is 0.276. The normalized spacial score (nSPS) is 13.6. The van der Waals surface area contributed by atoms with Gasteiger partial charge in [0.25, 0.3) is 0 Å². The molecule has 0 bridgehead atoms. The zero-order valence-corrected chi connectivity index (χ0v) is 21.6. The van der Waals surface area contributed by atoms with Crippen molar-refractivity contribution in [2.24, 2.45) is 5.92 Å². The van der Waals surface area contributed by atoms with E-state index in [0.717, 1.165) is 49.4 Å². The summed E-state index contributed by atoms with van der Waals surface area (Å²) in [6.07, 6.45) is 1.75. The number of hydrogen-bond acceptors (Lipinski definition) is 5. The molecule has 0 spiro atoms. The van der Waals surface area contributed by atoms with Crippen LogP contribution in [0.4, 0.5) is 0 Å². The van der Waals surface area contributed by atoms with Gasteiger partial charge in [-0.2, -0.15) is 0 Å². The molecule has 0 aliphatic carbocycles. The first-order valence-electron chi connectivity index (χ1n) is 12.3. The standard InChI is InChI=1S/C27H29ClN2O2.C2H2O4/c28-26-12-5-4-10-24(26)18-29-27(31)23-13-15-30(16-14-23)19-22-9-6-11-25(17-22)32-20-21-7-2-1-3-8-21;3-1(4)2(5)6/h1-12,17,23H,13-16,18-20H2,(H,29,31);(H,3,4)(H,5,6). The van der Waals surface area contributed by atoms with Crippen LogP contribution in [-0.2, 0) is 34.1 Å². The van der Waals surface area contributed by atoms with Crippen molar-refractivity contribution in [2.75, 3.05) is 13.1 Å². The van der Waals surface area contributed by atoms with Gasteiger partial charge in [0.15, 0.2) is 0 Å². The Hall–Kier alpha value is -3.88. The van der Waals surface area contributed by atoms with Crippen molar-refractivity contribution in [1.82, 2.24) is 10.2 Å². The fourth-order valence-corrected chi connectivity index (χ4v) is 4.26. The highest BCUT2D eigenvalue weighted by atomic mass is 35.5. The van der Waals surface area contributed by atoms with Crippen molar-refractivity contribution in [3.8, 4) is 5.75 Å². The topological polar surface area (TPSA) is 116 Å². The summed E-state index contributed by atoms with van der Waals surface area (Å²) in [4.78, 5) is 33.2. The number of benzene rings is 3. The van der Waals surface area contributed by atoms with Crippen LogP contribution in [0.15, 0.2) is 78.9 Å². The number of halogens is 1. The number of ether oxygens (including phenoxy) is 1. The predicted molar refractivity (Wildman–Crippen MR) is 144 cm³/mol. The Kier molecular flexibility index (Phi) is 11.1. The van der Waals surface area contributed by atoms with Crippen molar-refractivity contribution in [2.45, 2.75) is 32.5 Å². The Morgan fingerprint density at radius 1 is 0.868 bits per heavy atom. The third kappa shape index (κ3) is 9.53. The molecule has 8 nitrogen and oxygen atoms in total. The largest absolute Gasteiger partial charge is 0.489 e. The highest BCUT2D eigenvalue weighted by molar-refractivity contribution is 6.31. The third-order valence-electron chi connectivity index (χ3n) is 6.11. The number of carboxylic acids is 2. The first-order valence-corrected chi connectivity index (χ1v) is 12.6. The molecule has 3 N–H and O–H groups in total. The van der Waals surface area contributed by atoms with Gasteiger partial charge >= 0.3 is 11.9 Å². The molecule has 0 unspecified atom stereocenters. The second-order valence-electron chi connectivity index (χ2n) is 8.89. The van der Waals surface area contributed by atoms with Crippen molar-refractivity contribution in [3.05, 3.63) is 101 Å². The Bertz CT molecular complexity index is 1200. The highest BCUT2D eigenvalue weighted by Gasteiger charge is 2.25. The molecular weight excluding hydrogens is 508 g/mol. The minimum absolute atomic E-state index is 0.0641. The van der Waals surface area contributed by atoms with Gasteiger partial charge in [0, 0.05) is 24.0 Å². The summed E-state index contributed by atoms with van der Waals surface area (Å²) in [5.74, 6) is -2.57. The lowest BCUT2D eigenvalue weighted by molar-refractivity contribution is -0.159. The molecule has 9 heteroatoms. The van der Waals surface area contributed by atoms with E-state index in [2.05, 4.69) is 34.5 Å². The molecule has 1 fully saturated rings. The molecule has 0 aromatic heterocycles. The fourth-order valence-electron chi connectivity index (χ4n) is 4.05. The second-order valence-corrected chi connectivity index (χ2v) is 9.30. The lowest BCUT2D eigenvalue weighted by Crippen LogP contribution is -2.40. The lowest BCUT2D eigenvalue weighted by Gasteiger charge is -2.31. The molecule has 1 amide bonds. The van der Waals surface area contributed by atoms with Crippen molar-refractivity contribution >= 4 is 29.4 Å². The maximum absolute atomic E-state index is 12.6. The SMILES string of the molecule is O=C(NCc1ccccc1Cl)C1CCN(Cc2cccc(OCc3ccccc3)c2)CC1.O=C(O)C(=O)O. The maximum atomic E-state index is 12.6. The van der Waals surface area contributed by atoms with Gasteiger partial charge in [-0.15, -0.1) is 0 Å². The number of piperidine rings is 1. The smallest absolute Gasteiger partial charge is 0.414 e. The quantitative estimate of drug-likeness (QED) is 0.359. The van der Waals surface area contributed by atoms with Gasteiger partial charge in [-0.3, -0.25) is 9.69 Å². The highest BCUT2D eigenvalue weighted by Crippen LogP contribution is 2.22. The number of carbonyl (C=O) groups excluding carboxylic acids is 1. The van der Waals surface area contributed by atoms with Crippen molar-refractivity contribution in [1.29, 1.82) is 0 Å². The van der Waals surface area contributed by atoms with E-state index in [1.807, 2.05) is 54.6 Å². The number of hydrogen-bond donors (Lipinski definition) is 3. The van der Waals surface area contributed by atoms with Gasteiger partial charge < -0.3 is 20.3 Å². The molecule has 0 saturated carbocycles. The van der Waals surface area contributed by atoms with Crippen LogP contribution < -0.4 is 10.1 Å². The third-order valence-corrected chi connectivity index (χ3v) is 6.47. The number of likely N-dealkylation sites (tertiary alicyclic amines) is 1. The lowest BCUT2D eigenvalue weighted by atomic mass is 9.95. The van der Waals surface area contributed by atoms with E-state index in [0.29, 0.717) is 18.2 Å². The molecule has 1 saturated heterocycles. The van der Waals surface area contributed by atoms with Gasteiger partial charge in [0.2, 0.25) is 5.91 Å². The number of aliphatic carboxylic acids is 2. The van der Waals surface area contributed by atoms with Crippen LogP contribution >= 0.6 is 11.6 Å². The first kappa shape index (κ1) is 28.7. The molecular formula is C29H31ClN2O6. The molecule has 1 heterocycles. The summed E-state index contributed by atoms with van der Waals surface area (Å²) >= 11 is 6.18. The zero-order chi connectivity index (χ0) is 27.3. The molecule has 1 aliphatic rings. The Labute approximate surface area is 226 Å². The molecule has 3 aromatic carbocycles. The number of nitrogens with one attached hydrogen (secondary N) is 1. The Morgan fingerprint density at radius 2 is 1.50 bits per heavy atom. The van der Waals surface area contributed by atoms with Crippen molar-refractivity contribution < 1.29 is 29.3 Å². The van der Waals surface area contributed by atoms with Crippen LogP contribution in [0.2, 0.25) is 5.02 Å². The van der Waals surface area contributed by atoms with Crippen LogP contribution in [0.3, 0.4) is 0 Å². The Balaban J connectivity index is 0.000000599.